The minimum absolute atomic E-state index is 0.0969. The Morgan fingerprint density at radius 3 is 2.52 bits per heavy atom. The first kappa shape index (κ1) is 17.4. The number of aliphatic hydroxyl groups is 2. The molecular weight excluding hydrogens is 298 g/mol. The summed E-state index contributed by atoms with van der Waals surface area (Å²) < 4.78 is 5.04. The number of nitrogens with zero attached hydrogens (tertiary/aromatic N) is 1. The van der Waals surface area contributed by atoms with Gasteiger partial charge in [-0.2, -0.15) is 0 Å². The van der Waals surface area contributed by atoms with Crippen molar-refractivity contribution >= 4 is 11.7 Å². The number of carbonyl (C=O) groups is 2. The Labute approximate surface area is 135 Å². The Bertz CT molecular complexity index is 567. The van der Waals surface area contributed by atoms with Gasteiger partial charge in [-0.1, -0.05) is 0 Å². The van der Waals surface area contributed by atoms with Gasteiger partial charge in [-0.05, 0) is 37.6 Å². The van der Waals surface area contributed by atoms with Crippen molar-refractivity contribution in [3.05, 3.63) is 29.8 Å². The molecular formula is C17H23NO5. The van der Waals surface area contributed by atoms with Crippen molar-refractivity contribution in [3.8, 4) is 5.75 Å². The van der Waals surface area contributed by atoms with Gasteiger partial charge in [0.15, 0.2) is 5.78 Å². The molecule has 0 aromatic heterocycles. The Morgan fingerprint density at radius 1 is 1.30 bits per heavy atom. The molecule has 0 aliphatic carbocycles. The number of β-amino-alcohol motifs (C(OH)–C–C–N with tert-alkyl or cyclic N) is 1. The zero-order chi connectivity index (χ0) is 17.0. The lowest BCUT2D eigenvalue weighted by Gasteiger charge is -2.39. The van der Waals surface area contributed by atoms with E-state index in [1.165, 1.54) is 4.90 Å². The predicted molar refractivity (Wildman–Crippen MR) is 84.4 cm³/mol. The van der Waals surface area contributed by atoms with Gasteiger partial charge in [-0.15, -0.1) is 0 Å². The number of Topliss-reactive ketones (excluding diaryl/α,β-unsaturated/α-hetero) is 1. The standard InChI is InChI=1S/C17H23NO5/c1-17(22)9-10-18(11-15(17)20)16(21)8-7-14(19)12-3-5-13(23-2)6-4-12/h3-6,15,20,22H,7-11H2,1-2H3. The van der Waals surface area contributed by atoms with E-state index in [2.05, 4.69) is 0 Å². The van der Waals surface area contributed by atoms with Gasteiger partial charge in [0.25, 0.3) is 0 Å². The van der Waals surface area contributed by atoms with Crippen molar-refractivity contribution in [2.24, 2.45) is 0 Å². The maximum atomic E-state index is 12.2. The molecule has 6 heteroatoms. The number of hydrogen-bond acceptors (Lipinski definition) is 5. The van der Waals surface area contributed by atoms with E-state index >= 15 is 0 Å². The number of aliphatic hydroxyl groups excluding tert-OH is 1. The molecule has 0 bridgehead atoms. The minimum Gasteiger partial charge on any atom is -0.497 e. The molecule has 23 heavy (non-hydrogen) atoms. The van der Waals surface area contributed by atoms with Gasteiger partial charge in [0, 0.05) is 31.5 Å². The number of ether oxygens (including phenoxy) is 1. The number of methoxy groups -OCH3 is 1. The largest absolute Gasteiger partial charge is 0.497 e. The van der Waals surface area contributed by atoms with Crippen molar-refractivity contribution in [3.63, 3.8) is 0 Å². The quantitative estimate of drug-likeness (QED) is 0.790. The second kappa shape index (κ2) is 7.10. The molecule has 0 saturated carbocycles. The molecule has 1 heterocycles. The first-order valence-electron chi connectivity index (χ1n) is 7.69. The predicted octanol–water partition coefficient (Wildman–Crippen LogP) is 1.00. The van der Waals surface area contributed by atoms with Crippen LogP contribution in [0.15, 0.2) is 24.3 Å². The van der Waals surface area contributed by atoms with Crippen LogP contribution in [0, 0.1) is 0 Å². The maximum absolute atomic E-state index is 12.2. The molecule has 1 fully saturated rings. The van der Waals surface area contributed by atoms with Crippen LogP contribution >= 0.6 is 0 Å². The first-order chi connectivity index (χ1) is 10.8. The van der Waals surface area contributed by atoms with Crippen LogP contribution in [0.3, 0.4) is 0 Å². The van der Waals surface area contributed by atoms with Crippen LogP contribution in [-0.4, -0.2) is 58.7 Å². The fourth-order valence-electron chi connectivity index (χ4n) is 2.55. The molecule has 2 unspecified atom stereocenters. The summed E-state index contributed by atoms with van der Waals surface area (Å²) in [6.45, 7) is 2.05. The summed E-state index contributed by atoms with van der Waals surface area (Å²) in [7, 11) is 1.56. The maximum Gasteiger partial charge on any atom is 0.223 e. The molecule has 1 aliphatic rings. The summed E-state index contributed by atoms with van der Waals surface area (Å²) in [6, 6.07) is 6.76. The highest BCUT2D eigenvalue weighted by Gasteiger charge is 2.37. The van der Waals surface area contributed by atoms with Gasteiger partial charge in [0.05, 0.1) is 18.8 Å². The fourth-order valence-corrected chi connectivity index (χ4v) is 2.55. The molecule has 1 aliphatic heterocycles. The summed E-state index contributed by atoms with van der Waals surface area (Å²) in [6.07, 6.45) is -0.419. The summed E-state index contributed by atoms with van der Waals surface area (Å²) in [5.41, 5.74) is -0.615. The molecule has 2 N–H and O–H groups in total. The molecule has 1 amide bonds. The number of piperidine rings is 1. The molecule has 2 atom stereocenters. The molecule has 0 spiro atoms. The average molecular weight is 321 g/mol. The highest BCUT2D eigenvalue weighted by atomic mass is 16.5. The van der Waals surface area contributed by atoms with Gasteiger partial charge >= 0.3 is 0 Å². The van der Waals surface area contributed by atoms with Gasteiger partial charge in [0.1, 0.15) is 5.75 Å². The first-order valence-corrected chi connectivity index (χ1v) is 7.69. The normalized spacial score (nSPS) is 24.3. The summed E-state index contributed by atoms with van der Waals surface area (Å²) in [5, 5.41) is 19.7. The van der Waals surface area contributed by atoms with Crippen LogP contribution < -0.4 is 4.74 Å². The number of likely N-dealkylation sites (tertiary alicyclic amines) is 1. The second-order valence-corrected chi connectivity index (χ2v) is 6.11. The van der Waals surface area contributed by atoms with Crippen LogP contribution in [0.4, 0.5) is 0 Å². The number of amides is 1. The zero-order valence-electron chi connectivity index (χ0n) is 13.5. The third kappa shape index (κ3) is 4.30. The molecule has 2 rings (SSSR count). The Morgan fingerprint density at radius 2 is 1.96 bits per heavy atom. The van der Waals surface area contributed by atoms with E-state index in [-0.39, 0.29) is 31.1 Å². The van der Waals surface area contributed by atoms with Crippen LogP contribution in [0.5, 0.6) is 5.75 Å². The monoisotopic (exact) mass is 321 g/mol. The third-order valence-corrected chi connectivity index (χ3v) is 4.33. The Balaban J connectivity index is 1.85. The molecule has 1 aromatic carbocycles. The van der Waals surface area contributed by atoms with Gasteiger partial charge < -0.3 is 19.8 Å². The fraction of sp³-hybridized carbons (Fsp3) is 0.529. The minimum atomic E-state index is -1.16. The average Bonchev–Trinajstić information content (AvgIpc) is 2.55. The summed E-state index contributed by atoms with van der Waals surface area (Å²) in [5.74, 6) is 0.388. The van der Waals surface area contributed by atoms with E-state index in [9.17, 15) is 19.8 Å². The van der Waals surface area contributed by atoms with E-state index in [1.54, 1.807) is 38.3 Å². The Kier molecular flexibility index (Phi) is 5.38. The topological polar surface area (TPSA) is 87.1 Å². The van der Waals surface area contributed by atoms with Crippen molar-refractivity contribution in [2.45, 2.75) is 37.9 Å². The van der Waals surface area contributed by atoms with E-state index < -0.39 is 11.7 Å². The Hall–Kier alpha value is -1.92. The number of benzene rings is 1. The molecule has 1 aromatic rings. The van der Waals surface area contributed by atoms with E-state index in [0.29, 0.717) is 24.3 Å². The highest BCUT2D eigenvalue weighted by Crippen LogP contribution is 2.22. The van der Waals surface area contributed by atoms with Crippen molar-refractivity contribution in [1.29, 1.82) is 0 Å². The van der Waals surface area contributed by atoms with E-state index in [0.717, 1.165) is 0 Å². The lowest BCUT2D eigenvalue weighted by Crippen LogP contribution is -2.55. The lowest BCUT2D eigenvalue weighted by molar-refractivity contribution is -0.146. The smallest absolute Gasteiger partial charge is 0.223 e. The second-order valence-electron chi connectivity index (χ2n) is 6.11. The number of hydrogen-bond donors (Lipinski definition) is 2. The van der Waals surface area contributed by atoms with Crippen LogP contribution in [0.25, 0.3) is 0 Å². The van der Waals surface area contributed by atoms with Crippen LogP contribution in [0.2, 0.25) is 0 Å². The SMILES string of the molecule is COc1ccc(C(=O)CCC(=O)N2CCC(C)(O)C(O)C2)cc1. The van der Waals surface area contributed by atoms with E-state index in [4.69, 9.17) is 4.74 Å². The van der Waals surface area contributed by atoms with Gasteiger partial charge in [-0.25, -0.2) is 0 Å². The molecule has 1 saturated heterocycles. The lowest BCUT2D eigenvalue weighted by atomic mass is 9.90. The summed E-state index contributed by atoms with van der Waals surface area (Å²) in [4.78, 5) is 25.8. The molecule has 126 valence electrons. The number of ketones is 1. The van der Waals surface area contributed by atoms with Gasteiger partial charge in [-0.3, -0.25) is 9.59 Å². The molecule has 6 nitrogen and oxygen atoms in total. The van der Waals surface area contributed by atoms with Gasteiger partial charge in [0.2, 0.25) is 5.91 Å². The van der Waals surface area contributed by atoms with Crippen molar-refractivity contribution in [2.75, 3.05) is 20.2 Å². The number of carbonyl (C=O) groups excluding carboxylic acids is 2. The number of rotatable bonds is 5. The third-order valence-electron chi connectivity index (χ3n) is 4.33. The highest BCUT2D eigenvalue weighted by molar-refractivity contribution is 5.98. The van der Waals surface area contributed by atoms with Crippen LogP contribution in [0.1, 0.15) is 36.5 Å². The molecule has 0 radical (unpaired) electrons. The van der Waals surface area contributed by atoms with Crippen molar-refractivity contribution in [1.82, 2.24) is 4.90 Å². The zero-order valence-corrected chi connectivity index (χ0v) is 13.5. The van der Waals surface area contributed by atoms with Crippen LogP contribution in [-0.2, 0) is 4.79 Å². The van der Waals surface area contributed by atoms with Crippen molar-refractivity contribution < 1.29 is 24.5 Å². The van der Waals surface area contributed by atoms with E-state index in [1.807, 2.05) is 0 Å². The summed E-state index contributed by atoms with van der Waals surface area (Å²) >= 11 is 0.